The molecule has 2 fully saturated rings. The number of piperidine rings is 1. The number of carbonyl (C=O) groups excluding carboxylic acids is 2. The van der Waals surface area contributed by atoms with Crippen molar-refractivity contribution < 1.29 is 9.59 Å². The minimum atomic E-state index is -0.0420. The maximum atomic E-state index is 13.1. The molecule has 1 aromatic carbocycles. The zero-order chi connectivity index (χ0) is 19.5. The third-order valence-electron chi connectivity index (χ3n) is 5.86. The van der Waals surface area contributed by atoms with Gasteiger partial charge in [-0.3, -0.25) is 14.3 Å². The van der Waals surface area contributed by atoms with Crippen molar-refractivity contribution in [2.75, 3.05) is 26.2 Å². The predicted molar refractivity (Wildman–Crippen MR) is 106 cm³/mol. The zero-order valence-electron chi connectivity index (χ0n) is 16.2. The van der Waals surface area contributed by atoms with Crippen LogP contribution >= 0.6 is 0 Å². The average Bonchev–Trinajstić information content (AvgIpc) is 3.37. The molecule has 3 heterocycles. The first-order valence-electron chi connectivity index (χ1n) is 9.96. The van der Waals surface area contributed by atoms with Gasteiger partial charge < -0.3 is 15.5 Å². The van der Waals surface area contributed by atoms with Gasteiger partial charge in [0.1, 0.15) is 0 Å². The number of nitrogens with zero attached hydrogens (tertiary/aromatic N) is 3. The SMILES string of the molecule is Cn1cc([C@H]2CNC[C@@H]2C(=O)N2CCC(NC(=O)c3ccccc3)CC2)cn1. The first-order chi connectivity index (χ1) is 13.6. The highest BCUT2D eigenvalue weighted by Crippen LogP contribution is 2.30. The number of aromatic nitrogens is 2. The number of amides is 2. The lowest BCUT2D eigenvalue weighted by Crippen LogP contribution is -2.48. The molecule has 2 aromatic rings. The Hall–Kier alpha value is -2.67. The summed E-state index contributed by atoms with van der Waals surface area (Å²) >= 11 is 0. The van der Waals surface area contributed by atoms with Crippen LogP contribution in [0.5, 0.6) is 0 Å². The number of carbonyl (C=O) groups is 2. The number of likely N-dealkylation sites (tertiary alicyclic amines) is 1. The minimum absolute atomic E-state index is 0.0398. The van der Waals surface area contributed by atoms with E-state index in [1.165, 1.54) is 0 Å². The lowest BCUT2D eigenvalue weighted by Gasteiger charge is -2.34. The van der Waals surface area contributed by atoms with Crippen molar-refractivity contribution in [2.45, 2.75) is 24.8 Å². The second-order valence-electron chi connectivity index (χ2n) is 7.76. The molecule has 0 aliphatic carbocycles. The number of hydrogen-bond acceptors (Lipinski definition) is 4. The van der Waals surface area contributed by atoms with Crippen LogP contribution in [0.1, 0.15) is 34.7 Å². The molecule has 2 aliphatic heterocycles. The topological polar surface area (TPSA) is 79.3 Å². The van der Waals surface area contributed by atoms with Crippen LogP contribution in [0.4, 0.5) is 0 Å². The molecule has 0 bridgehead atoms. The van der Waals surface area contributed by atoms with Crippen LogP contribution in [-0.4, -0.2) is 58.7 Å². The lowest BCUT2D eigenvalue weighted by atomic mass is 9.89. The van der Waals surface area contributed by atoms with Gasteiger partial charge in [0.2, 0.25) is 5.91 Å². The molecule has 28 heavy (non-hydrogen) atoms. The highest BCUT2D eigenvalue weighted by molar-refractivity contribution is 5.94. The van der Waals surface area contributed by atoms with E-state index in [-0.39, 0.29) is 29.7 Å². The summed E-state index contributed by atoms with van der Waals surface area (Å²) in [5.74, 6) is 0.310. The van der Waals surface area contributed by atoms with Crippen molar-refractivity contribution in [2.24, 2.45) is 13.0 Å². The van der Waals surface area contributed by atoms with Crippen LogP contribution in [0.2, 0.25) is 0 Å². The van der Waals surface area contributed by atoms with Gasteiger partial charge in [-0.05, 0) is 30.5 Å². The van der Waals surface area contributed by atoms with E-state index in [1.54, 1.807) is 4.68 Å². The van der Waals surface area contributed by atoms with Crippen molar-refractivity contribution in [3.8, 4) is 0 Å². The maximum Gasteiger partial charge on any atom is 0.251 e. The predicted octanol–water partition coefficient (Wildman–Crippen LogP) is 1.14. The molecule has 2 saturated heterocycles. The van der Waals surface area contributed by atoms with Crippen LogP contribution in [0.3, 0.4) is 0 Å². The number of rotatable bonds is 4. The van der Waals surface area contributed by atoms with Gasteiger partial charge in [-0.2, -0.15) is 5.10 Å². The van der Waals surface area contributed by atoms with E-state index < -0.39 is 0 Å². The van der Waals surface area contributed by atoms with Gasteiger partial charge in [0.25, 0.3) is 5.91 Å². The molecular formula is C21H27N5O2. The molecule has 4 rings (SSSR count). The van der Waals surface area contributed by atoms with E-state index in [2.05, 4.69) is 15.7 Å². The molecule has 7 heteroatoms. The van der Waals surface area contributed by atoms with Gasteiger partial charge >= 0.3 is 0 Å². The van der Waals surface area contributed by atoms with Crippen LogP contribution in [0.15, 0.2) is 42.7 Å². The summed E-state index contributed by atoms with van der Waals surface area (Å²) in [7, 11) is 1.90. The summed E-state index contributed by atoms with van der Waals surface area (Å²) in [5.41, 5.74) is 1.80. The van der Waals surface area contributed by atoms with E-state index in [9.17, 15) is 9.59 Å². The maximum absolute atomic E-state index is 13.1. The van der Waals surface area contributed by atoms with Crippen molar-refractivity contribution in [1.82, 2.24) is 25.3 Å². The van der Waals surface area contributed by atoms with E-state index in [0.29, 0.717) is 25.2 Å². The average molecular weight is 381 g/mol. The molecule has 2 atom stereocenters. The van der Waals surface area contributed by atoms with Crippen molar-refractivity contribution in [3.05, 3.63) is 53.9 Å². The summed E-state index contributed by atoms with van der Waals surface area (Å²) in [5, 5.41) is 10.7. The van der Waals surface area contributed by atoms with Gasteiger partial charge in [-0.25, -0.2) is 0 Å². The van der Waals surface area contributed by atoms with Crippen LogP contribution < -0.4 is 10.6 Å². The van der Waals surface area contributed by atoms with Crippen LogP contribution in [-0.2, 0) is 11.8 Å². The molecule has 2 aliphatic rings. The number of benzene rings is 1. The van der Waals surface area contributed by atoms with Crippen molar-refractivity contribution >= 4 is 11.8 Å². The number of aryl methyl sites for hydroxylation is 1. The normalized spacial score (nSPS) is 23.0. The first-order valence-corrected chi connectivity index (χ1v) is 9.96. The Morgan fingerprint density at radius 1 is 1.14 bits per heavy atom. The standard InChI is InChI=1S/C21H27N5O2/c1-25-14-16(11-23-25)18-12-22-13-19(18)21(28)26-9-7-17(8-10-26)24-20(27)15-5-3-2-4-6-15/h2-6,11,14,17-19,22H,7-10,12-13H2,1H3,(H,24,27)/t18-,19+/m1/s1. The molecule has 2 amide bonds. The second kappa shape index (κ2) is 8.14. The fourth-order valence-electron chi connectivity index (χ4n) is 4.26. The van der Waals surface area contributed by atoms with E-state index in [1.807, 2.05) is 54.7 Å². The van der Waals surface area contributed by atoms with E-state index in [4.69, 9.17) is 0 Å². The van der Waals surface area contributed by atoms with Crippen LogP contribution in [0, 0.1) is 5.92 Å². The Kier molecular flexibility index (Phi) is 5.43. The van der Waals surface area contributed by atoms with Gasteiger partial charge in [0.15, 0.2) is 0 Å². The molecule has 2 N–H and O–H groups in total. The highest BCUT2D eigenvalue weighted by atomic mass is 16.2. The summed E-state index contributed by atoms with van der Waals surface area (Å²) < 4.78 is 1.79. The molecule has 148 valence electrons. The molecule has 0 spiro atoms. The van der Waals surface area contributed by atoms with Gasteiger partial charge in [-0.15, -0.1) is 0 Å². The summed E-state index contributed by atoms with van der Waals surface area (Å²) in [4.78, 5) is 27.4. The van der Waals surface area contributed by atoms with Gasteiger partial charge in [0.05, 0.1) is 12.1 Å². The van der Waals surface area contributed by atoms with Gasteiger partial charge in [0, 0.05) is 56.9 Å². The van der Waals surface area contributed by atoms with Crippen LogP contribution in [0.25, 0.3) is 0 Å². The Morgan fingerprint density at radius 3 is 2.57 bits per heavy atom. The Balaban J connectivity index is 1.32. The number of nitrogens with one attached hydrogen (secondary N) is 2. The fourth-order valence-corrected chi connectivity index (χ4v) is 4.26. The second-order valence-corrected chi connectivity index (χ2v) is 7.76. The molecule has 0 saturated carbocycles. The van der Waals surface area contributed by atoms with Crippen molar-refractivity contribution in [1.29, 1.82) is 0 Å². The van der Waals surface area contributed by atoms with Crippen molar-refractivity contribution in [3.63, 3.8) is 0 Å². The monoisotopic (exact) mass is 381 g/mol. The Labute approximate surface area is 165 Å². The minimum Gasteiger partial charge on any atom is -0.349 e. The lowest BCUT2D eigenvalue weighted by molar-refractivity contribution is -0.136. The van der Waals surface area contributed by atoms with E-state index >= 15 is 0 Å². The van der Waals surface area contributed by atoms with E-state index in [0.717, 1.165) is 24.9 Å². The Bertz CT molecular complexity index is 826. The quantitative estimate of drug-likeness (QED) is 0.833. The highest BCUT2D eigenvalue weighted by Gasteiger charge is 2.38. The third kappa shape index (κ3) is 3.94. The molecular weight excluding hydrogens is 354 g/mol. The smallest absolute Gasteiger partial charge is 0.251 e. The Morgan fingerprint density at radius 2 is 1.89 bits per heavy atom. The first kappa shape index (κ1) is 18.7. The molecule has 1 aromatic heterocycles. The molecule has 0 unspecified atom stereocenters. The summed E-state index contributed by atoms with van der Waals surface area (Å²) in [6.07, 6.45) is 5.45. The molecule has 7 nitrogen and oxygen atoms in total. The largest absolute Gasteiger partial charge is 0.349 e. The number of hydrogen-bond donors (Lipinski definition) is 2. The summed E-state index contributed by atoms with van der Waals surface area (Å²) in [6, 6.07) is 9.39. The summed E-state index contributed by atoms with van der Waals surface area (Å²) in [6.45, 7) is 2.90. The molecule has 0 radical (unpaired) electrons. The zero-order valence-corrected chi connectivity index (χ0v) is 16.2. The third-order valence-corrected chi connectivity index (χ3v) is 5.86. The fraction of sp³-hybridized carbons (Fsp3) is 0.476. The van der Waals surface area contributed by atoms with Gasteiger partial charge in [-0.1, -0.05) is 18.2 Å².